The number of H-pyrrole nitrogens is 1. The smallest absolute Gasteiger partial charge is 0.285 e. The Kier molecular flexibility index (Phi) is 1.72. The molecule has 1 rings (SSSR count). The summed E-state index contributed by atoms with van der Waals surface area (Å²) >= 11 is 0. The van der Waals surface area contributed by atoms with Gasteiger partial charge in [-0.25, -0.2) is 0 Å². The van der Waals surface area contributed by atoms with Crippen LogP contribution in [-0.4, -0.2) is 10.2 Å². The zero-order chi connectivity index (χ0) is 8.48. The van der Waals surface area contributed by atoms with Crippen LogP contribution >= 0.6 is 0 Å². The molecule has 0 radical (unpaired) electrons. The van der Waals surface area contributed by atoms with Gasteiger partial charge in [-0.05, 0) is 0 Å². The van der Waals surface area contributed by atoms with E-state index >= 15 is 0 Å². The van der Waals surface area contributed by atoms with E-state index in [0.717, 1.165) is 12.3 Å². The maximum Gasteiger partial charge on any atom is 0.435 e. The van der Waals surface area contributed by atoms with Gasteiger partial charge >= 0.3 is 6.18 Å². The first kappa shape index (κ1) is 7.84. The fraction of sp³-hybridized carbons (Fsp3) is 0.167. The Balaban J connectivity index is 3.12. The predicted molar refractivity (Wildman–Crippen MR) is 33.7 cm³/mol. The van der Waals surface area contributed by atoms with Crippen molar-refractivity contribution >= 4 is 6.08 Å². The second-order valence-corrected chi connectivity index (χ2v) is 1.89. The van der Waals surface area contributed by atoms with Crippen molar-refractivity contribution in [2.45, 2.75) is 6.18 Å². The Morgan fingerprint density at radius 1 is 1.55 bits per heavy atom. The summed E-state index contributed by atoms with van der Waals surface area (Å²) in [6.07, 6.45) is -2.15. The molecule has 0 aromatic carbocycles. The highest BCUT2D eigenvalue weighted by molar-refractivity contribution is 5.48. The zero-order valence-corrected chi connectivity index (χ0v) is 5.44. The van der Waals surface area contributed by atoms with Crippen molar-refractivity contribution in [2.75, 3.05) is 0 Å². The molecule has 0 fully saturated rings. The van der Waals surface area contributed by atoms with Crippen molar-refractivity contribution in [1.29, 1.82) is 0 Å². The van der Waals surface area contributed by atoms with E-state index in [4.69, 9.17) is 0 Å². The summed E-state index contributed by atoms with van der Waals surface area (Å²) in [4.78, 5) is 0. The van der Waals surface area contributed by atoms with Gasteiger partial charge in [0.15, 0.2) is 5.69 Å². The third-order valence-corrected chi connectivity index (χ3v) is 1.16. The van der Waals surface area contributed by atoms with Gasteiger partial charge in [-0.15, -0.1) is 0 Å². The molecule has 60 valence electrons. The fourth-order valence-electron chi connectivity index (χ4n) is 0.682. The molecule has 0 saturated heterocycles. The van der Waals surface area contributed by atoms with Gasteiger partial charge in [-0.3, -0.25) is 5.10 Å². The van der Waals surface area contributed by atoms with E-state index in [2.05, 4.69) is 16.8 Å². The van der Waals surface area contributed by atoms with Crippen LogP contribution in [0, 0.1) is 0 Å². The van der Waals surface area contributed by atoms with E-state index in [1.54, 1.807) is 0 Å². The average molecular weight is 162 g/mol. The van der Waals surface area contributed by atoms with Crippen molar-refractivity contribution in [3.63, 3.8) is 0 Å². The van der Waals surface area contributed by atoms with E-state index in [-0.39, 0.29) is 5.56 Å². The van der Waals surface area contributed by atoms with Gasteiger partial charge in [-0.2, -0.15) is 18.3 Å². The molecule has 1 aromatic rings. The van der Waals surface area contributed by atoms with Gasteiger partial charge < -0.3 is 0 Å². The van der Waals surface area contributed by atoms with E-state index in [1.807, 2.05) is 0 Å². The molecule has 0 atom stereocenters. The molecule has 0 bridgehead atoms. The van der Waals surface area contributed by atoms with Gasteiger partial charge in [0.2, 0.25) is 0 Å². The standard InChI is InChI=1S/C6H5F3N2/c1-2-4-3-10-11-5(4)6(7,8)9/h2-3H,1H2,(H,10,11). The molecule has 1 N–H and O–H groups in total. The maximum absolute atomic E-state index is 11.9. The summed E-state index contributed by atoms with van der Waals surface area (Å²) in [6, 6.07) is 0. The summed E-state index contributed by atoms with van der Waals surface area (Å²) in [6.45, 7) is 3.22. The molecule has 1 heterocycles. The van der Waals surface area contributed by atoms with Gasteiger partial charge in [0.25, 0.3) is 0 Å². The molecule has 11 heavy (non-hydrogen) atoms. The number of nitrogens with zero attached hydrogens (tertiary/aromatic N) is 1. The normalized spacial score (nSPS) is 11.5. The van der Waals surface area contributed by atoms with Crippen LogP contribution in [0.2, 0.25) is 0 Å². The number of aromatic nitrogens is 2. The Bertz CT molecular complexity index is 261. The summed E-state index contributed by atoms with van der Waals surface area (Å²) < 4.78 is 35.8. The second kappa shape index (κ2) is 2.41. The highest BCUT2D eigenvalue weighted by Crippen LogP contribution is 2.30. The summed E-state index contributed by atoms with van der Waals surface area (Å²) in [7, 11) is 0. The minimum Gasteiger partial charge on any atom is -0.285 e. The van der Waals surface area contributed by atoms with Crippen molar-refractivity contribution in [1.82, 2.24) is 10.2 Å². The number of nitrogens with one attached hydrogen (secondary N) is 1. The fourth-order valence-corrected chi connectivity index (χ4v) is 0.682. The van der Waals surface area contributed by atoms with Crippen molar-refractivity contribution in [3.8, 4) is 0 Å². The van der Waals surface area contributed by atoms with Crippen LogP contribution in [0.15, 0.2) is 12.8 Å². The molecule has 2 nitrogen and oxygen atoms in total. The lowest BCUT2D eigenvalue weighted by molar-refractivity contribution is -0.141. The zero-order valence-electron chi connectivity index (χ0n) is 5.44. The lowest BCUT2D eigenvalue weighted by Crippen LogP contribution is -2.07. The SMILES string of the molecule is C=Cc1c[nH]nc1C(F)(F)F. The van der Waals surface area contributed by atoms with Gasteiger partial charge in [-0.1, -0.05) is 12.7 Å². The third-order valence-electron chi connectivity index (χ3n) is 1.16. The Morgan fingerprint density at radius 3 is 2.55 bits per heavy atom. The first-order valence-electron chi connectivity index (χ1n) is 2.79. The van der Waals surface area contributed by atoms with Crippen LogP contribution in [0.1, 0.15) is 11.3 Å². The van der Waals surface area contributed by atoms with E-state index < -0.39 is 11.9 Å². The minimum absolute atomic E-state index is 0.0301. The lowest BCUT2D eigenvalue weighted by atomic mass is 10.2. The highest BCUT2D eigenvalue weighted by atomic mass is 19.4. The van der Waals surface area contributed by atoms with Crippen molar-refractivity contribution in [2.24, 2.45) is 0 Å². The number of rotatable bonds is 1. The average Bonchev–Trinajstić information content (AvgIpc) is 2.31. The lowest BCUT2D eigenvalue weighted by Gasteiger charge is -2.01. The molecular formula is C6H5F3N2. The summed E-state index contributed by atoms with van der Waals surface area (Å²) in [5.74, 6) is 0. The van der Waals surface area contributed by atoms with Gasteiger partial charge in [0, 0.05) is 11.8 Å². The summed E-state index contributed by atoms with van der Waals surface area (Å²) in [5.41, 5.74) is -0.954. The number of alkyl halides is 3. The molecule has 0 aliphatic rings. The molecule has 0 aliphatic heterocycles. The van der Waals surface area contributed by atoms with Crippen molar-refractivity contribution in [3.05, 3.63) is 24.0 Å². The monoisotopic (exact) mass is 162 g/mol. The van der Waals surface area contributed by atoms with Crippen LogP contribution in [-0.2, 0) is 6.18 Å². The van der Waals surface area contributed by atoms with Crippen LogP contribution in [0.25, 0.3) is 6.08 Å². The molecule has 0 saturated carbocycles. The Labute approximate surface area is 60.7 Å². The van der Waals surface area contributed by atoms with E-state index in [1.165, 1.54) is 0 Å². The Hall–Kier alpha value is -1.26. The largest absolute Gasteiger partial charge is 0.435 e. The van der Waals surface area contributed by atoms with Crippen LogP contribution in [0.5, 0.6) is 0 Å². The van der Waals surface area contributed by atoms with Gasteiger partial charge in [0.1, 0.15) is 0 Å². The minimum atomic E-state index is -4.40. The van der Waals surface area contributed by atoms with Gasteiger partial charge in [0.05, 0.1) is 0 Å². The molecule has 0 spiro atoms. The third kappa shape index (κ3) is 1.42. The molecule has 1 aromatic heterocycles. The maximum atomic E-state index is 11.9. The van der Waals surface area contributed by atoms with E-state index in [9.17, 15) is 13.2 Å². The molecule has 0 amide bonds. The quantitative estimate of drug-likeness (QED) is 0.672. The molecular weight excluding hydrogens is 157 g/mol. The molecule has 0 aliphatic carbocycles. The second-order valence-electron chi connectivity index (χ2n) is 1.89. The van der Waals surface area contributed by atoms with Crippen LogP contribution in [0.3, 0.4) is 0 Å². The number of hydrogen-bond acceptors (Lipinski definition) is 1. The first-order chi connectivity index (χ1) is 5.05. The number of halogens is 3. The number of hydrogen-bond donors (Lipinski definition) is 1. The molecule has 5 heteroatoms. The first-order valence-corrected chi connectivity index (χ1v) is 2.79. The van der Waals surface area contributed by atoms with E-state index in [0.29, 0.717) is 0 Å². The molecule has 0 unspecified atom stereocenters. The Morgan fingerprint density at radius 2 is 2.18 bits per heavy atom. The number of aromatic amines is 1. The predicted octanol–water partition coefficient (Wildman–Crippen LogP) is 2.07. The highest BCUT2D eigenvalue weighted by Gasteiger charge is 2.35. The van der Waals surface area contributed by atoms with Crippen LogP contribution < -0.4 is 0 Å². The topological polar surface area (TPSA) is 28.7 Å². The van der Waals surface area contributed by atoms with Crippen molar-refractivity contribution < 1.29 is 13.2 Å². The van der Waals surface area contributed by atoms with Crippen LogP contribution in [0.4, 0.5) is 13.2 Å². The summed E-state index contributed by atoms with van der Waals surface area (Å²) in [5, 5.41) is 5.15.